The minimum absolute atomic E-state index is 0.0590. The summed E-state index contributed by atoms with van der Waals surface area (Å²) in [7, 11) is 0. The molecule has 0 aliphatic carbocycles. The molecule has 22 heavy (non-hydrogen) atoms. The molecule has 2 rings (SSSR count). The number of nitro groups is 1. The van der Waals surface area contributed by atoms with E-state index in [1.807, 2.05) is 38.1 Å². The Morgan fingerprint density at radius 1 is 1.23 bits per heavy atom. The number of hydrogen-bond acceptors (Lipinski definition) is 3. The highest BCUT2D eigenvalue weighted by Crippen LogP contribution is 2.27. The number of carbonyl (C=O) groups excluding carboxylic acids is 1. The zero-order chi connectivity index (χ0) is 16.3. The molecule has 0 radical (unpaired) electrons. The normalized spacial score (nSPS) is 11.8. The van der Waals surface area contributed by atoms with Crippen LogP contribution in [0.3, 0.4) is 0 Å². The summed E-state index contributed by atoms with van der Waals surface area (Å²) in [5.74, 6) is -0.562. The third-order valence-corrected chi connectivity index (χ3v) is 3.73. The van der Waals surface area contributed by atoms with Crippen LogP contribution >= 0.6 is 11.6 Å². The molecular weight excluding hydrogens is 304 g/mol. The van der Waals surface area contributed by atoms with Crippen LogP contribution in [0.2, 0.25) is 5.02 Å². The van der Waals surface area contributed by atoms with E-state index in [-0.39, 0.29) is 22.3 Å². The number of nitrogens with one attached hydrogen (secondary N) is 1. The van der Waals surface area contributed by atoms with Gasteiger partial charge in [-0.3, -0.25) is 14.9 Å². The van der Waals surface area contributed by atoms with Crippen LogP contribution < -0.4 is 5.32 Å². The molecule has 0 fully saturated rings. The summed E-state index contributed by atoms with van der Waals surface area (Å²) in [6.45, 7) is 3.76. The van der Waals surface area contributed by atoms with Gasteiger partial charge in [0.1, 0.15) is 5.56 Å². The number of halogens is 1. The fourth-order valence-electron chi connectivity index (χ4n) is 2.31. The van der Waals surface area contributed by atoms with E-state index >= 15 is 0 Å². The Balaban J connectivity index is 2.31. The molecule has 2 aromatic carbocycles. The first kappa shape index (κ1) is 16.0. The average molecular weight is 319 g/mol. The third kappa shape index (κ3) is 3.26. The van der Waals surface area contributed by atoms with Crippen molar-refractivity contribution in [3.8, 4) is 0 Å². The Hall–Kier alpha value is -2.40. The van der Waals surface area contributed by atoms with Gasteiger partial charge in [-0.2, -0.15) is 0 Å². The Bertz CT molecular complexity index is 731. The fourth-order valence-corrected chi connectivity index (χ4v) is 2.56. The highest BCUT2D eigenvalue weighted by Gasteiger charge is 2.24. The molecule has 0 spiro atoms. The SMILES string of the molecule is Cc1ccccc1C(C)NC(=O)c1c(Cl)cccc1[N+](=O)[O-]. The molecule has 2 aromatic rings. The molecule has 0 saturated heterocycles. The van der Waals surface area contributed by atoms with E-state index in [1.165, 1.54) is 18.2 Å². The maximum atomic E-state index is 12.4. The standard InChI is InChI=1S/C16H15ClN2O3/c1-10-6-3-4-7-12(10)11(2)18-16(20)15-13(17)8-5-9-14(15)19(21)22/h3-9,11H,1-2H3,(H,18,20). The van der Waals surface area contributed by atoms with Crippen LogP contribution in [0.15, 0.2) is 42.5 Å². The van der Waals surface area contributed by atoms with Gasteiger partial charge < -0.3 is 5.32 Å². The molecule has 0 aliphatic heterocycles. The first-order chi connectivity index (χ1) is 10.4. The number of aryl methyl sites for hydroxylation is 1. The summed E-state index contributed by atoms with van der Waals surface area (Å²) in [5.41, 5.74) is 1.56. The number of benzene rings is 2. The molecule has 1 unspecified atom stereocenters. The summed E-state index contributed by atoms with van der Waals surface area (Å²) in [5, 5.41) is 13.9. The first-order valence-corrected chi connectivity index (χ1v) is 7.09. The first-order valence-electron chi connectivity index (χ1n) is 6.71. The van der Waals surface area contributed by atoms with Gasteiger partial charge in [0.15, 0.2) is 0 Å². The van der Waals surface area contributed by atoms with Crippen molar-refractivity contribution in [2.75, 3.05) is 0 Å². The Morgan fingerprint density at radius 3 is 2.55 bits per heavy atom. The zero-order valence-corrected chi connectivity index (χ0v) is 12.9. The van der Waals surface area contributed by atoms with Gasteiger partial charge in [0.05, 0.1) is 16.0 Å². The maximum absolute atomic E-state index is 12.4. The Morgan fingerprint density at radius 2 is 1.91 bits per heavy atom. The topological polar surface area (TPSA) is 72.2 Å². The van der Waals surface area contributed by atoms with Gasteiger partial charge in [0.25, 0.3) is 11.6 Å². The molecule has 0 aromatic heterocycles. The number of rotatable bonds is 4. The number of amides is 1. The van der Waals surface area contributed by atoms with Gasteiger partial charge in [-0.05, 0) is 31.0 Å². The van der Waals surface area contributed by atoms with Crippen LogP contribution in [-0.4, -0.2) is 10.8 Å². The zero-order valence-electron chi connectivity index (χ0n) is 12.2. The van der Waals surface area contributed by atoms with Crippen LogP contribution in [0, 0.1) is 17.0 Å². The van der Waals surface area contributed by atoms with Gasteiger partial charge in [0.2, 0.25) is 0 Å². The van der Waals surface area contributed by atoms with Gasteiger partial charge in [-0.25, -0.2) is 0 Å². The van der Waals surface area contributed by atoms with Gasteiger partial charge in [0, 0.05) is 6.07 Å². The Labute approximate surface area is 133 Å². The molecule has 5 nitrogen and oxygen atoms in total. The molecule has 114 valence electrons. The highest BCUT2D eigenvalue weighted by molar-refractivity contribution is 6.34. The van der Waals surface area contributed by atoms with Crippen molar-refractivity contribution in [2.45, 2.75) is 19.9 Å². The lowest BCUT2D eigenvalue weighted by molar-refractivity contribution is -0.385. The lowest BCUT2D eigenvalue weighted by atomic mass is 10.0. The van der Waals surface area contributed by atoms with E-state index in [9.17, 15) is 14.9 Å². The summed E-state index contributed by atoms with van der Waals surface area (Å²) in [6.07, 6.45) is 0. The molecule has 0 saturated carbocycles. The van der Waals surface area contributed by atoms with Crippen molar-refractivity contribution >= 4 is 23.2 Å². The number of hydrogen-bond donors (Lipinski definition) is 1. The average Bonchev–Trinajstić information content (AvgIpc) is 2.46. The second-order valence-corrected chi connectivity index (χ2v) is 5.35. The molecule has 6 heteroatoms. The van der Waals surface area contributed by atoms with E-state index in [4.69, 9.17) is 11.6 Å². The van der Waals surface area contributed by atoms with Crippen LogP contribution in [0.5, 0.6) is 0 Å². The van der Waals surface area contributed by atoms with Crippen molar-refractivity contribution in [1.29, 1.82) is 0 Å². The Kier molecular flexibility index (Phi) is 4.78. The van der Waals surface area contributed by atoms with Crippen molar-refractivity contribution in [3.05, 3.63) is 74.3 Å². The second-order valence-electron chi connectivity index (χ2n) is 4.94. The van der Waals surface area contributed by atoms with Crippen LogP contribution in [0.25, 0.3) is 0 Å². The van der Waals surface area contributed by atoms with Crippen molar-refractivity contribution in [3.63, 3.8) is 0 Å². The monoisotopic (exact) mass is 318 g/mol. The lowest BCUT2D eigenvalue weighted by Crippen LogP contribution is -2.28. The molecule has 1 N–H and O–H groups in total. The maximum Gasteiger partial charge on any atom is 0.283 e. The predicted octanol–water partition coefficient (Wildman–Crippen LogP) is 4.05. The van der Waals surface area contributed by atoms with Gasteiger partial charge >= 0.3 is 0 Å². The molecular formula is C16H15ClN2O3. The second kappa shape index (κ2) is 6.58. The highest BCUT2D eigenvalue weighted by atomic mass is 35.5. The minimum Gasteiger partial charge on any atom is -0.345 e. The fraction of sp³-hybridized carbons (Fsp3) is 0.188. The molecule has 0 heterocycles. The largest absolute Gasteiger partial charge is 0.345 e. The van der Waals surface area contributed by atoms with Crippen molar-refractivity contribution in [1.82, 2.24) is 5.32 Å². The van der Waals surface area contributed by atoms with E-state index in [0.29, 0.717) is 0 Å². The minimum atomic E-state index is -0.612. The quantitative estimate of drug-likeness (QED) is 0.682. The smallest absolute Gasteiger partial charge is 0.283 e. The summed E-state index contributed by atoms with van der Waals surface area (Å²) >= 11 is 5.96. The van der Waals surface area contributed by atoms with E-state index in [1.54, 1.807) is 0 Å². The number of carbonyl (C=O) groups is 1. The van der Waals surface area contributed by atoms with Crippen LogP contribution in [-0.2, 0) is 0 Å². The molecule has 0 aliphatic rings. The van der Waals surface area contributed by atoms with E-state index in [2.05, 4.69) is 5.32 Å². The van der Waals surface area contributed by atoms with Crippen molar-refractivity contribution < 1.29 is 9.72 Å². The van der Waals surface area contributed by atoms with Crippen LogP contribution in [0.4, 0.5) is 5.69 Å². The summed E-state index contributed by atoms with van der Waals surface area (Å²) in [6, 6.07) is 11.5. The summed E-state index contributed by atoms with van der Waals surface area (Å²) in [4.78, 5) is 22.8. The van der Waals surface area contributed by atoms with E-state index < -0.39 is 10.8 Å². The molecule has 1 atom stereocenters. The van der Waals surface area contributed by atoms with Crippen molar-refractivity contribution in [2.24, 2.45) is 0 Å². The number of nitro benzene ring substituents is 1. The third-order valence-electron chi connectivity index (χ3n) is 3.42. The summed E-state index contributed by atoms with van der Waals surface area (Å²) < 4.78 is 0. The molecule has 0 bridgehead atoms. The van der Waals surface area contributed by atoms with Gasteiger partial charge in [-0.1, -0.05) is 41.9 Å². The lowest BCUT2D eigenvalue weighted by Gasteiger charge is -2.17. The number of nitrogens with zero attached hydrogens (tertiary/aromatic N) is 1. The predicted molar refractivity (Wildman–Crippen MR) is 85.2 cm³/mol. The van der Waals surface area contributed by atoms with Gasteiger partial charge in [-0.15, -0.1) is 0 Å². The van der Waals surface area contributed by atoms with Crippen LogP contribution in [0.1, 0.15) is 34.5 Å². The van der Waals surface area contributed by atoms with E-state index in [0.717, 1.165) is 11.1 Å². The molecule has 1 amide bonds.